The second-order valence-electron chi connectivity index (χ2n) is 7.94. The molecule has 11 heteroatoms. The molecule has 3 aromatic rings. The summed E-state index contributed by atoms with van der Waals surface area (Å²) < 4.78 is 43.4. The number of amides is 1. The molecule has 0 radical (unpaired) electrons. The average Bonchev–Trinajstić information content (AvgIpc) is 2.88. The van der Waals surface area contributed by atoms with Crippen molar-refractivity contribution in [1.82, 2.24) is 0 Å². The molecule has 37 heavy (non-hydrogen) atoms. The van der Waals surface area contributed by atoms with E-state index in [1.54, 1.807) is 6.07 Å². The van der Waals surface area contributed by atoms with Crippen molar-refractivity contribution in [1.29, 1.82) is 10.8 Å². The van der Waals surface area contributed by atoms with Crippen LogP contribution in [0.1, 0.15) is 45.1 Å². The molecule has 0 aromatic heterocycles. The van der Waals surface area contributed by atoms with E-state index in [0.717, 1.165) is 12.1 Å². The van der Waals surface area contributed by atoms with Gasteiger partial charge in [0.05, 0.1) is 18.2 Å². The lowest BCUT2D eigenvalue weighted by atomic mass is 9.95. The number of phenolic OH excluding ortho intramolecular Hbond substituents is 1. The van der Waals surface area contributed by atoms with Gasteiger partial charge in [0.2, 0.25) is 5.91 Å². The molecule has 0 aliphatic carbocycles. The summed E-state index contributed by atoms with van der Waals surface area (Å²) in [6.45, 7) is 0. The highest BCUT2D eigenvalue weighted by atomic mass is 19.4. The topological polar surface area (TPSA) is 136 Å². The number of methoxy groups -OCH3 is 1. The zero-order valence-electron chi connectivity index (χ0n) is 19.5. The van der Waals surface area contributed by atoms with Crippen molar-refractivity contribution in [2.45, 2.75) is 25.1 Å². The predicted molar refractivity (Wildman–Crippen MR) is 126 cm³/mol. The van der Waals surface area contributed by atoms with Crippen LogP contribution in [-0.2, 0) is 17.4 Å². The Morgan fingerprint density at radius 3 is 2.43 bits per heavy atom. The fourth-order valence-corrected chi connectivity index (χ4v) is 3.56. The number of anilines is 1. The molecule has 0 aliphatic heterocycles. The number of halogens is 3. The molecule has 0 saturated carbocycles. The van der Waals surface area contributed by atoms with Gasteiger partial charge in [-0.25, -0.2) is 5.53 Å². The van der Waals surface area contributed by atoms with Gasteiger partial charge in [0.25, 0.3) is 0 Å². The molecular formula is C26H21F3N4O4. The van der Waals surface area contributed by atoms with Gasteiger partial charge in [-0.1, -0.05) is 18.2 Å². The van der Waals surface area contributed by atoms with Crippen LogP contribution in [0.3, 0.4) is 0 Å². The quantitative estimate of drug-likeness (QED) is 0.246. The molecular weight excluding hydrogens is 489 g/mol. The minimum Gasteiger partial charge on any atom is -0.507 e. The molecule has 0 aliphatic rings. The number of rotatable bonds is 9. The third-order valence-corrected chi connectivity index (χ3v) is 5.51. The Bertz CT molecular complexity index is 1370. The molecule has 1 atom stereocenters. The Labute approximate surface area is 209 Å². The molecule has 0 spiro atoms. The Hall–Kier alpha value is -4.72. The van der Waals surface area contributed by atoms with Gasteiger partial charge in [-0.05, 0) is 48.4 Å². The van der Waals surface area contributed by atoms with Crippen LogP contribution in [0.5, 0.6) is 11.5 Å². The number of hydrogen-bond donors (Lipinski definition) is 3. The smallest absolute Gasteiger partial charge is 0.416 e. The fraction of sp³-hybridized carbons (Fsp3) is 0.192. The number of ketones is 1. The number of aryl methyl sites for hydroxylation is 1. The van der Waals surface area contributed by atoms with Crippen molar-refractivity contribution in [3.8, 4) is 17.6 Å². The fourth-order valence-electron chi connectivity index (χ4n) is 3.56. The molecule has 3 rings (SSSR count). The van der Waals surface area contributed by atoms with Gasteiger partial charge in [-0.2, -0.15) is 23.5 Å². The van der Waals surface area contributed by atoms with Gasteiger partial charge in [0.15, 0.2) is 11.8 Å². The molecule has 0 bridgehead atoms. The number of Topliss-reactive ketones (excluding diaryl/α,β-unsaturated/α-hetero) is 1. The predicted octanol–water partition coefficient (Wildman–Crippen LogP) is 5.82. The van der Waals surface area contributed by atoms with E-state index in [9.17, 15) is 27.9 Å². The van der Waals surface area contributed by atoms with Gasteiger partial charge < -0.3 is 15.2 Å². The summed E-state index contributed by atoms with van der Waals surface area (Å²) in [6, 6.07) is 13.2. The van der Waals surface area contributed by atoms with E-state index in [1.165, 1.54) is 55.6 Å². The molecule has 0 heterocycles. The number of carbonyl (C=O) groups is 2. The molecule has 1 amide bonds. The second-order valence-corrected chi connectivity index (χ2v) is 7.94. The van der Waals surface area contributed by atoms with Crippen molar-refractivity contribution < 1.29 is 32.6 Å². The van der Waals surface area contributed by atoms with Crippen LogP contribution in [-0.4, -0.2) is 23.9 Å². The Balaban J connectivity index is 1.71. The molecule has 8 nitrogen and oxygen atoms in total. The third kappa shape index (κ3) is 6.49. The first-order valence-corrected chi connectivity index (χ1v) is 10.8. The summed E-state index contributed by atoms with van der Waals surface area (Å²) in [6.07, 6.45) is -4.19. The maximum Gasteiger partial charge on any atom is 0.416 e. The minimum absolute atomic E-state index is 0.0146. The lowest BCUT2D eigenvalue weighted by molar-refractivity contribution is -0.137. The van der Waals surface area contributed by atoms with E-state index in [2.05, 4.69) is 10.4 Å². The summed E-state index contributed by atoms with van der Waals surface area (Å²) in [5, 5.41) is 24.8. The number of nitrogens with one attached hydrogen (secondary N) is 2. The molecule has 3 N–H and O–H groups in total. The van der Waals surface area contributed by atoms with Crippen LogP contribution in [0.15, 0.2) is 65.8 Å². The van der Waals surface area contributed by atoms with Gasteiger partial charge in [0.1, 0.15) is 17.6 Å². The highest BCUT2D eigenvalue weighted by Gasteiger charge is 2.30. The molecule has 0 saturated heterocycles. The van der Waals surface area contributed by atoms with E-state index in [0.29, 0.717) is 11.3 Å². The lowest BCUT2D eigenvalue weighted by Crippen LogP contribution is -2.14. The van der Waals surface area contributed by atoms with E-state index < -0.39 is 23.6 Å². The van der Waals surface area contributed by atoms with E-state index in [-0.39, 0.29) is 46.9 Å². The number of hydrogen-bond acceptors (Lipinski definition) is 7. The lowest BCUT2D eigenvalue weighted by Gasteiger charge is -2.16. The van der Waals surface area contributed by atoms with E-state index in [1.807, 2.05) is 0 Å². The summed E-state index contributed by atoms with van der Waals surface area (Å²) in [7, 11) is 1.34. The van der Waals surface area contributed by atoms with Crippen molar-refractivity contribution in [3.63, 3.8) is 0 Å². The number of phenols is 1. The van der Waals surface area contributed by atoms with Crippen molar-refractivity contribution in [3.05, 3.63) is 88.5 Å². The summed E-state index contributed by atoms with van der Waals surface area (Å²) in [5.41, 5.74) is 7.90. The van der Waals surface area contributed by atoms with Gasteiger partial charge in [0, 0.05) is 29.3 Å². The molecule has 1 unspecified atom stereocenters. The van der Waals surface area contributed by atoms with Gasteiger partial charge in [-0.15, -0.1) is 0 Å². The number of nitriles is 1. The molecule has 0 fully saturated rings. The Morgan fingerprint density at radius 2 is 1.84 bits per heavy atom. The SMILES string of the molecule is COc1cc(NC(=O)CCc2ccc(C(F)(F)F)cc2)ccc1C(N=N)C(=O)c1ccc(O)c(C#N)c1. The second kappa shape index (κ2) is 11.3. The van der Waals surface area contributed by atoms with Crippen LogP contribution in [0, 0.1) is 16.9 Å². The van der Waals surface area contributed by atoms with Crippen molar-refractivity contribution >= 4 is 17.4 Å². The van der Waals surface area contributed by atoms with Crippen LogP contribution in [0.25, 0.3) is 0 Å². The summed E-state index contributed by atoms with van der Waals surface area (Å²) >= 11 is 0. The normalized spacial score (nSPS) is 11.8. The van der Waals surface area contributed by atoms with Crippen LogP contribution in [0.4, 0.5) is 18.9 Å². The maximum atomic E-state index is 13.0. The first-order chi connectivity index (χ1) is 17.6. The number of aromatic hydroxyl groups is 1. The Kier molecular flexibility index (Phi) is 8.24. The average molecular weight is 510 g/mol. The number of ether oxygens (including phenoxy) is 1. The van der Waals surface area contributed by atoms with Crippen molar-refractivity contribution in [2.75, 3.05) is 12.4 Å². The van der Waals surface area contributed by atoms with E-state index in [4.69, 9.17) is 15.5 Å². The van der Waals surface area contributed by atoms with E-state index >= 15 is 0 Å². The zero-order chi connectivity index (χ0) is 27.2. The standard InChI is InChI=1S/C26H21F3N4O4/c1-37-22-13-19(32-23(35)11-4-15-2-6-18(7-3-15)26(27,28)29)8-9-20(22)24(33-31)25(36)16-5-10-21(34)17(12-16)14-30/h2-3,5-10,12-13,24,31,34H,4,11H2,1H3,(H,32,35). The van der Waals surface area contributed by atoms with Gasteiger partial charge in [-0.3, -0.25) is 9.59 Å². The monoisotopic (exact) mass is 510 g/mol. The number of benzene rings is 3. The number of nitrogens with zero attached hydrogens (tertiary/aromatic N) is 2. The van der Waals surface area contributed by atoms with Crippen LogP contribution in [0.2, 0.25) is 0 Å². The number of carbonyl (C=O) groups excluding carboxylic acids is 2. The molecule has 3 aromatic carbocycles. The van der Waals surface area contributed by atoms with Crippen molar-refractivity contribution in [2.24, 2.45) is 5.11 Å². The van der Waals surface area contributed by atoms with Crippen LogP contribution < -0.4 is 10.1 Å². The maximum absolute atomic E-state index is 13.0. The highest BCUT2D eigenvalue weighted by molar-refractivity contribution is 6.01. The summed E-state index contributed by atoms with van der Waals surface area (Å²) in [4.78, 5) is 25.4. The largest absolute Gasteiger partial charge is 0.507 e. The Morgan fingerprint density at radius 1 is 1.14 bits per heavy atom. The third-order valence-electron chi connectivity index (χ3n) is 5.51. The molecule has 190 valence electrons. The highest BCUT2D eigenvalue weighted by Crippen LogP contribution is 2.34. The zero-order valence-corrected chi connectivity index (χ0v) is 19.5. The number of alkyl halides is 3. The first kappa shape index (κ1) is 26.9. The minimum atomic E-state index is -4.43. The van der Waals surface area contributed by atoms with Crippen LogP contribution >= 0.6 is 0 Å². The van der Waals surface area contributed by atoms with Gasteiger partial charge >= 0.3 is 6.18 Å². The first-order valence-electron chi connectivity index (χ1n) is 10.8. The summed E-state index contributed by atoms with van der Waals surface area (Å²) in [5.74, 6) is -1.10.